The molecule has 0 unspecified atom stereocenters. The van der Waals surface area contributed by atoms with E-state index in [2.05, 4.69) is 63.9 Å². The molecule has 1 fully saturated rings. The Labute approximate surface area is 236 Å². The molecule has 1 saturated heterocycles. The van der Waals surface area contributed by atoms with E-state index in [4.69, 9.17) is 15.7 Å². The van der Waals surface area contributed by atoms with Crippen molar-refractivity contribution in [3.05, 3.63) is 71.8 Å². The van der Waals surface area contributed by atoms with Crippen LogP contribution in [0, 0.1) is 0 Å². The molecular formula is C32H41N7O. The number of benzene rings is 1. The molecule has 8 heteroatoms. The van der Waals surface area contributed by atoms with E-state index in [1.54, 1.807) is 0 Å². The van der Waals surface area contributed by atoms with E-state index in [0.717, 1.165) is 86.9 Å². The van der Waals surface area contributed by atoms with Crippen LogP contribution in [0.25, 0.3) is 21.8 Å². The van der Waals surface area contributed by atoms with Crippen molar-refractivity contribution in [2.75, 3.05) is 46.3 Å². The lowest BCUT2D eigenvalue weighted by Crippen LogP contribution is -2.48. The van der Waals surface area contributed by atoms with Crippen LogP contribution in [-0.4, -0.2) is 81.5 Å². The van der Waals surface area contributed by atoms with Crippen molar-refractivity contribution >= 4 is 27.7 Å². The Morgan fingerprint density at radius 2 is 1.85 bits per heavy atom. The van der Waals surface area contributed by atoms with Gasteiger partial charge in [0.05, 0.1) is 22.9 Å². The van der Waals surface area contributed by atoms with Crippen LogP contribution in [0.3, 0.4) is 0 Å². The van der Waals surface area contributed by atoms with Gasteiger partial charge in [-0.25, -0.2) is 0 Å². The molecule has 210 valence electrons. The number of amides is 1. The van der Waals surface area contributed by atoms with Crippen LogP contribution in [0.4, 0.5) is 0 Å². The van der Waals surface area contributed by atoms with Gasteiger partial charge in [-0.3, -0.25) is 19.7 Å². The molecule has 0 bridgehead atoms. The maximum Gasteiger partial charge on any atom is 0.242 e. The van der Waals surface area contributed by atoms with Crippen molar-refractivity contribution in [3.63, 3.8) is 0 Å². The Morgan fingerprint density at radius 3 is 2.70 bits per heavy atom. The molecule has 1 amide bonds. The first-order valence-electron chi connectivity index (χ1n) is 14.8. The van der Waals surface area contributed by atoms with Crippen LogP contribution in [-0.2, 0) is 24.3 Å². The topological polar surface area (TPSA) is 83.5 Å². The minimum atomic E-state index is 0.177. The normalized spacial score (nSPS) is 18.1. The fraction of sp³-hybridized carbons (Fsp3) is 0.469. The van der Waals surface area contributed by atoms with Crippen molar-refractivity contribution in [3.8, 4) is 0 Å². The molecule has 0 radical (unpaired) electrons. The molecular weight excluding hydrogens is 498 g/mol. The lowest BCUT2D eigenvalue weighted by Gasteiger charge is -2.35. The summed E-state index contributed by atoms with van der Waals surface area (Å²) in [5.74, 6) is 0.177. The van der Waals surface area contributed by atoms with Crippen molar-refractivity contribution in [2.24, 2.45) is 5.73 Å². The largest absolute Gasteiger partial charge is 0.339 e. The van der Waals surface area contributed by atoms with Gasteiger partial charge in [0.1, 0.15) is 6.54 Å². The molecule has 1 aromatic carbocycles. The predicted molar refractivity (Wildman–Crippen MR) is 160 cm³/mol. The summed E-state index contributed by atoms with van der Waals surface area (Å²) < 4.78 is 2.22. The average Bonchev–Trinajstić information content (AvgIpc) is 3.31. The number of nitrogens with two attached hydrogens (primary N) is 1. The van der Waals surface area contributed by atoms with Gasteiger partial charge in [0.25, 0.3) is 0 Å². The highest BCUT2D eigenvalue weighted by atomic mass is 16.2. The van der Waals surface area contributed by atoms with E-state index in [1.807, 2.05) is 17.3 Å². The highest BCUT2D eigenvalue weighted by Crippen LogP contribution is 2.36. The monoisotopic (exact) mass is 539 g/mol. The van der Waals surface area contributed by atoms with Crippen molar-refractivity contribution < 1.29 is 4.79 Å². The molecule has 1 aliphatic heterocycles. The SMILES string of the molecule is CN1CCN(C(=O)Cn2c3ccccc3c3ccnc(CN(CCCCN)[C@H]4CCCc5cccnc54)c32)CC1. The van der Waals surface area contributed by atoms with E-state index in [1.165, 1.54) is 16.6 Å². The molecule has 8 nitrogen and oxygen atoms in total. The molecule has 4 heterocycles. The molecule has 2 N–H and O–H groups in total. The van der Waals surface area contributed by atoms with Crippen LogP contribution >= 0.6 is 0 Å². The number of carbonyl (C=O) groups is 1. The van der Waals surface area contributed by atoms with Crippen LogP contribution < -0.4 is 5.73 Å². The Kier molecular flexibility index (Phi) is 8.09. The zero-order valence-corrected chi connectivity index (χ0v) is 23.6. The minimum absolute atomic E-state index is 0.177. The minimum Gasteiger partial charge on any atom is -0.339 e. The summed E-state index contributed by atoms with van der Waals surface area (Å²) in [4.78, 5) is 30.3. The van der Waals surface area contributed by atoms with Crippen LogP contribution in [0.15, 0.2) is 54.9 Å². The third kappa shape index (κ3) is 5.36. The summed E-state index contributed by atoms with van der Waals surface area (Å²) >= 11 is 0. The first kappa shape index (κ1) is 26.9. The number of piperazine rings is 1. The summed E-state index contributed by atoms with van der Waals surface area (Å²) in [6.07, 6.45) is 9.23. The molecule has 0 spiro atoms. The summed E-state index contributed by atoms with van der Waals surface area (Å²) in [5.41, 5.74) is 11.7. The second-order valence-electron chi connectivity index (χ2n) is 11.4. The number of nitrogens with zero attached hydrogens (tertiary/aromatic N) is 6. The molecule has 40 heavy (non-hydrogen) atoms. The van der Waals surface area contributed by atoms with Gasteiger partial charge in [-0.2, -0.15) is 0 Å². The Balaban J connectivity index is 1.39. The van der Waals surface area contributed by atoms with Crippen LogP contribution in [0.5, 0.6) is 0 Å². The maximum atomic E-state index is 13.6. The quantitative estimate of drug-likeness (QED) is 0.324. The van der Waals surface area contributed by atoms with Gasteiger partial charge in [0.2, 0.25) is 5.91 Å². The van der Waals surface area contributed by atoms with Crippen LogP contribution in [0.2, 0.25) is 0 Å². The van der Waals surface area contributed by atoms with Crippen LogP contribution in [0.1, 0.15) is 48.7 Å². The third-order valence-electron chi connectivity index (χ3n) is 8.76. The molecule has 1 aliphatic carbocycles. The maximum absolute atomic E-state index is 13.6. The van der Waals surface area contributed by atoms with E-state index in [9.17, 15) is 4.79 Å². The first-order chi connectivity index (χ1) is 19.6. The third-order valence-corrected chi connectivity index (χ3v) is 8.76. The summed E-state index contributed by atoms with van der Waals surface area (Å²) in [6.45, 7) is 6.07. The molecule has 4 aromatic rings. The second-order valence-corrected chi connectivity index (χ2v) is 11.4. The number of hydrogen-bond acceptors (Lipinski definition) is 6. The fourth-order valence-corrected chi connectivity index (χ4v) is 6.58. The van der Waals surface area contributed by atoms with Crippen molar-refractivity contribution in [2.45, 2.75) is 51.2 Å². The van der Waals surface area contributed by atoms with Gasteiger partial charge >= 0.3 is 0 Å². The Bertz CT molecular complexity index is 1470. The number of aryl methyl sites for hydroxylation is 1. The lowest BCUT2D eigenvalue weighted by atomic mass is 9.90. The summed E-state index contributed by atoms with van der Waals surface area (Å²) in [7, 11) is 2.12. The molecule has 6 rings (SSSR count). The Morgan fingerprint density at radius 1 is 1.00 bits per heavy atom. The highest BCUT2D eigenvalue weighted by Gasteiger charge is 2.29. The molecule has 2 aliphatic rings. The van der Waals surface area contributed by atoms with Gasteiger partial charge < -0.3 is 20.1 Å². The lowest BCUT2D eigenvalue weighted by molar-refractivity contribution is -0.133. The highest BCUT2D eigenvalue weighted by molar-refractivity contribution is 6.09. The van der Waals surface area contributed by atoms with Gasteiger partial charge in [-0.15, -0.1) is 0 Å². The number of likely N-dealkylation sites (N-methyl/N-ethyl adjacent to an activating group) is 1. The number of hydrogen-bond donors (Lipinski definition) is 1. The molecule has 0 saturated carbocycles. The van der Waals surface area contributed by atoms with Gasteiger partial charge in [-0.1, -0.05) is 24.3 Å². The van der Waals surface area contributed by atoms with E-state index < -0.39 is 0 Å². The number of rotatable bonds is 9. The number of aromatic nitrogens is 3. The first-order valence-corrected chi connectivity index (χ1v) is 14.8. The van der Waals surface area contributed by atoms with Gasteiger partial charge in [-0.05, 0) is 76.0 Å². The second kappa shape index (κ2) is 12.0. The van der Waals surface area contributed by atoms with E-state index in [-0.39, 0.29) is 11.9 Å². The molecule has 1 atom stereocenters. The summed E-state index contributed by atoms with van der Waals surface area (Å²) in [6, 6.07) is 15.1. The smallest absolute Gasteiger partial charge is 0.242 e. The number of carbonyl (C=O) groups excluding carboxylic acids is 1. The number of pyridine rings is 2. The van der Waals surface area contributed by atoms with E-state index in [0.29, 0.717) is 19.6 Å². The molecule has 3 aromatic heterocycles. The number of para-hydroxylation sites is 1. The van der Waals surface area contributed by atoms with Gasteiger partial charge in [0.15, 0.2) is 0 Å². The number of fused-ring (bicyclic) bond motifs is 4. The van der Waals surface area contributed by atoms with Gasteiger partial charge in [0, 0.05) is 61.4 Å². The van der Waals surface area contributed by atoms with Crippen molar-refractivity contribution in [1.29, 1.82) is 0 Å². The Hall–Kier alpha value is -3.33. The number of unbranched alkanes of at least 4 members (excludes halogenated alkanes) is 1. The zero-order valence-electron chi connectivity index (χ0n) is 23.6. The predicted octanol–water partition coefficient (Wildman–Crippen LogP) is 3.98. The van der Waals surface area contributed by atoms with E-state index >= 15 is 0 Å². The fourth-order valence-electron chi connectivity index (χ4n) is 6.58. The standard InChI is InChI=1S/C32H41N7O/c1-36-18-20-37(21-19-36)30(40)23-39-28-11-3-2-10-25(28)26-13-16-34-27(32(26)39)22-38(17-5-4-14-33)29-12-6-8-24-9-7-15-35-31(24)29/h2-3,7,9-11,13,15-16,29H,4-6,8,12,14,17-23,33H2,1H3/t29-/m0/s1. The average molecular weight is 540 g/mol. The van der Waals surface area contributed by atoms with Crippen molar-refractivity contribution in [1.82, 2.24) is 29.2 Å². The summed E-state index contributed by atoms with van der Waals surface area (Å²) in [5, 5.41) is 2.34. The zero-order chi connectivity index (χ0) is 27.5.